The number of nitrogens with zero attached hydrogens (tertiary/aromatic N) is 4. The molecule has 12 heteroatoms. The molecule has 2 saturated heterocycles. The van der Waals surface area contributed by atoms with Crippen LogP contribution in [0.5, 0.6) is 5.75 Å². The van der Waals surface area contributed by atoms with Crippen LogP contribution in [0.3, 0.4) is 0 Å². The van der Waals surface area contributed by atoms with Crippen LogP contribution in [0, 0.1) is 5.82 Å². The predicted molar refractivity (Wildman–Crippen MR) is 140 cm³/mol. The van der Waals surface area contributed by atoms with Gasteiger partial charge in [0.2, 0.25) is 0 Å². The summed E-state index contributed by atoms with van der Waals surface area (Å²) in [7, 11) is -2.56. The zero-order valence-electron chi connectivity index (χ0n) is 21.5. The van der Waals surface area contributed by atoms with Crippen molar-refractivity contribution in [2.45, 2.75) is 44.8 Å². The summed E-state index contributed by atoms with van der Waals surface area (Å²) in [5, 5.41) is 0. The lowest BCUT2D eigenvalue weighted by Gasteiger charge is -2.29. The number of ether oxygens (including phenoxy) is 2. The Bertz CT molecular complexity index is 1420. The molecule has 38 heavy (non-hydrogen) atoms. The lowest BCUT2D eigenvalue weighted by atomic mass is 10.0. The van der Waals surface area contributed by atoms with Crippen molar-refractivity contribution in [3.63, 3.8) is 0 Å². The van der Waals surface area contributed by atoms with Crippen LogP contribution in [-0.4, -0.2) is 67.5 Å². The first-order valence-corrected chi connectivity index (χ1v) is 14.3. The molecular formula is C26H32FN5O5S. The average molecular weight is 546 g/mol. The molecule has 0 saturated carbocycles. The minimum absolute atomic E-state index is 0.0647. The van der Waals surface area contributed by atoms with Gasteiger partial charge in [-0.15, -0.1) is 0 Å². The normalized spacial score (nSPS) is 19.9. The maximum absolute atomic E-state index is 14.4. The maximum Gasteiger partial charge on any atom is 0.303 e. The molecule has 0 spiro atoms. The number of pyridine rings is 1. The van der Waals surface area contributed by atoms with Gasteiger partial charge >= 0.3 is 10.2 Å². The second-order valence-corrected chi connectivity index (χ2v) is 11.4. The Balaban J connectivity index is 1.44. The molecule has 0 aliphatic carbocycles. The first kappa shape index (κ1) is 26.4. The Hall–Kier alpha value is -3.22. The monoisotopic (exact) mass is 545 g/mol. The van der Waals surface area contributed by atoms with Gasteiger partial charge in [-0.25, -0.2) is 14.1 Å². The van der Waals surface area contributed by atoms with Crippen molar-refractivity contribution < 1.29 is 27.1 Å². The first-order valence-electron chi connectivity index (χ1n) is 12.8. The number of anilines is 1. The second kappa shape index (κ2) is 10.9. The summed E-state index contributed by atoms with van der Waals surface area (Å²) in [6, 6.07) is 8.15. The number of hydrogen-bond donors (Lipinski definition) is 1. The van der Waals surface area contributed by atoms with Gasteiger partial charge in [0, 0.05) is 38.3 Å². The predicted octanol–water partition coefficient (Wildman–Crippen LogP) is 3.30. The van der Waals surface area contributed by atoms with Crippen molar-refractivity contribution in [1.29, 1.82) is 0 Å². The van der Waals surface area contributed by atoms with Gasteiger partial charge in [0.1, 0.15) is 29.0 Å². The van der Waals surface area contributed by atoms with Gasteiger partial charge in [0.15, 0.2) is 0 Å². The second-order valence-electron chi connectivity index (χ2n) is 9.65. The van der Waals surface area contributed by atoms with E-state index in [9.17, 15) is 17.6 Å². The lowest BCUT2D eigenvalue weighted by Crippen LogP contribution is -2.42. The van der Waals surface area contributed by atoms with E-state index in [2.05, 4.69) is 14.6 Å². The number of aromatic nitrogens is 2. The fourth-order valence-corrected chi connectivity index (χ4v) is 5.98. The highest BCUT2D eigenvalue weighted by atomic mass is 32.2. The van der Waals surface area contributed by atoms with Crippen molar-refractivity contribution in [3.05, 3.63) is 59.8 Å². The molecule has 2 aliphatic rings. The highest BCUT2D eigenvalue weighted by molar-refractivity contribution is 7.87. The molecule has 0 bridgehead atoms. The summed E-state index contributed by atoms with van der Waals surface area (Å²) < 4.78 is 55.9. The number of benzene rings is 1. The van der Waals surface area contributed by atoms with Crippen molar-refractivity contribution >= 4 is 27.5 Å². The average Bonchev–Trinajstić information content (AvgIpc) is 3.65. The standard InChI is InChI=1S/C26H32FN5O5S/c1-3-11-30(2)38(34,35)29-26(33)23-15-28-25-9-7-19(16-32(23)25)31-12-4-5-22(31)21-14-18(27)6-8-24(21)37-20-10-13-36-17-20/h6-9,14-16,20,22H,3-5,10-13,17H2,1-2H3,(H,29,33)/t20-,22-/m1/s1. The molecular weight excluding hydrogens is 513 g/mol. The topological polar surface area (TPSA) is 105 Å². The lowest BCUT2D eigenvalue weighted by molar-refractivity contribution is 0.0973. The van der Waals surface area contributed by atoms with Crippen LogP contribution in [0.1, 0.15) is 54.7 Å². The maximum atomic E-state index is 14.4. The van der Waals surface area contributed by atoms with Crippen LogP contribution in [0.15, 0.2) is 42.7 Å². The van der Waals surface area contributed by atoms with Crippen molar-refractivity contribution in [1.82, 2.24) is 18.4 Å². The molecule has 1 amide bonds. The molecule has 204 valence electrons. The Morgan fingerprint density at radius 2 is 2.13 bits per heavy atom. The van der Waals surface area contributed by atoms with E-state index in [1.807, 2.05) is 13.0 Å². The number of nitrogens with one attached hydrogen (secondary N) is 1. The third-order valence-electron chi connectivity index (χ3n) is 6.99. The Morgan fingerprint density at radius 3 is 2.89 bits per heavy atom. The number of fused-ring (bicyclic) bond motifs is 1. The van der Waals surface area contributed by atoms with E-state index >= 15 is 0 Å². The molecule has 2 aliphatic heterocycles. The minimum Gasteiger partial charge on any atom is -0.488 e. The SMILES string of the molecule is CCCN(C)S(=O)(=O)NC(=O)c1cnc2ccc(N3CCC[C@@H]3c3cc(F)ccc3O[C@@H]3CCOC3)cn12. The molecule has 3 aromatic rings. The summed E-state index contributed by atoms with van der Waals surface area (Å²) in [5.41, 5.74) is 2.17. The minimum atomic E-state index is -3.98. The first-order chi connectivity index (χ1) is 18.3. The largest absolute Gasteiger partial charge is 0.488 e. The van der Waals surface area contributed by atoms with E-state index in [0.29, 0.717) is 31.0 Å². The summed E-state index contributed by atoms with van der Waals surface area (Å²) in [5.74, 6) is -0.459. The Kier molecular flexibility index (Phi) is 7.55. The zero-order valence-corrected chi connectivity index (χ0v) is 22.3. The highest BCUT2D eigenvalue weighted by Gasteiger charge is 2.31. The molecule has 10 nitrogen and oxygen atoms in total. The van der Waals surface area contributed by atoms with Crippen molar-refractivity contribution in [3.8, 4) is 5.75 Å². The van der Waals surface area contributed by atoms with Crippen LogP contribution < -0.4 is 14.4 Å². The van der Waals surface area contributed by atoms with E-state index in [-0.39, 0.29) is 30.2 Å². The van der Waals surface area contributed by atoms with E-state index in [0.717, 1.165) is 41.4 Å². The third kappa shape index (κ3) is 5.33. The highest BCUT2D eigenvalue weighted by Crippen LogP contribution is 2.41. The van der Waals surface area contributed by atoms with Crippen LogP contribution in [0.2, 0.25) is 0 Å². The van der Waals surface area contributed by atoms with Gasteiger partial charge in [0.25, 0.3) is 5.91 Å². The van der Waals surface area contributed by atoms with Gasteiger partial charge in [0.05, 0.1) is 31.1 Å². The van der Waals surface area contributed by atoms with Crippen molar-refractivity contribution in [2.75, 3.05) is 38.3 Å². The number of imidazole rings is 1. The molecule has 4 heterocycles. The van der Waals surface area contributed by atoms with E-state index < -0.39 is 16.1 Å². The van der Waals surface area contributed by atoms with E-state index in [1.165, 1.54) is 25.4 Å². The van der Waals surface area contributed by atoms with Gasteiger partial charge in [-0.05, 0) is 49.6 Å². The molecule has 1 N–H and O–H groups in total. The number of hydrogen-bond acceptors (Lipinski definition) is 7. The van der Waals surface area contributed by atoms with Crippen LogP contribution >= 0.6 is 0 Å². The molecule has 1 aromatic carbocycles. The Labute approximate surface area is 221 Å². The van der Waals surface area contributed by atoms with Gasteiger partial charge in [-0.2, -0.15) is 12.7 Å². The van der Waals surface area contributed by atoms with Crippen molar-refractivity contribution in [2.24, 2.45) is 0 Å². The number of rotatable bonds is 9. The molecule has 0 radical (unpaired) electrons. The molecule has 2 fully saturated rings. The smallest absolute Gasteiger partial charge is 0.303 e. The number of carbonyl (C=O) groups is 1. The van der Waals surface area contributed by atoms with Crippen LogP contribution in [0.4, 0.5) is 10.1 Å². The fraction of sp³-hybridized carbons (Fsp3) is 0.462. The molecule has 5 rings (SSSR count). The van der Waals surface area contributed by atoms with Gasteiger partial charge in [-0.3, -0.25) is 9.20 Å². The third-order valence-corrected chi connectivity index (χ3v) is 8.44. The Morgan fingerprint density at radius 1 is 1.29 bits per heavy atom. The number of carbonyl (C=O) groups excluding carboxylic acids is 1. The number of amides is 1. The zero-order chi connectivity index (χ0) is 26.9. The fourth-order valence-electron chi connectivity index (χ4n) is 5.06. The van der Waals surface area contributed by atoms with E-state index in [1.54, 1.807) is 22.7 Å². The van der Waals surface area contributed by atoms with Crippen LogP contribution in [-0.2, 0) is 14.9 Å². The molecule has 2 aromatic heterocycles. The van der Waals surface area contributed by atoms with Crippen LogP contribution in [0.25, 0.3) is 5.65 Å². The summed E-state index contributed by atoms with van der Waals surface area (Å²) >= 11 is 0. The summed E-state index contributed by atoms with van der Waals surface area (Å²) in [4.78, 5) is 19.4. The quantitative estimate of drug-likeness (QED) is 0.440. The molecule has 2 atom stereocenters. The molecule has 0 unspecified atom stereocenters. The van der Waals surface area contributed by atoms with Gasteiger partial charge < -0.3 is 14.4 Å². The summed E-state index contributed by atoms with van der Waals surface area (Å²) in [6.45, 7) is 4.03. The van der Waals surface area contributed by atoms with E-state index in [4.69, 9.17) is 9.47 Å². The summed E-state index contributed by atoms with van der Waals surface area (Å²) in [6.07, 6.45) is 6.16. The number of halogens is 1. The van der Waals surface area contributed by atoms with Gasteiger partial charge in [-0.1, -0.05) is 6.92 Å².